The Hall–Kier alpha value is -4.18. The van der Waals surface area contributed by atoms with E-state index in [2.05, 4.69) is 9.88 Å². The van der Waals surface area contributed by atoms with Crippen LogP contribution in [0.25, 0.3) is 0 Å². The summed E-state index contributed by atoms with van der Waals surface area (Å²) in [4.78, 5) is 46.8. The number of anilines is 2. The lowest BCUT2D eigenvalue weighted by atomic mass is 10.0. The van der Waals surface area contributed by atoms with E-state index >= 15 is 0 Å². The van der Waals surface area contributed by atoms with Crippen LogP contribution < -0.4 is 14.5 Å². The zero-order valence-corrected chi connectivity index (χ0v) is 21.0. The fourth-order valence-corrected chi connectivity index (χ4v) is 4.79. The van der Waals surface area contributed by atoms with Crippen molar-refractivity contribution in [1.29, 1.82) is 0 Å². The van der Waals surface area contributed by atoms with Crippen LogP contribution in [-0.2, 0) is 4.79 Å². The molecule has 0 N–H and O–H groups in total. The van der Waals surface area contributed by atoms with Crippen molar-refractivity contribution in [2.75, 3.05) is 43.1 Å². The summed E-state index contributed by atoms with van der Waals surface area (Å²) in [6.07, 6.45) is 1.23. The molecule has 5 rings (SSSR count). The second-order valence-corrected chi connectivity index (χ2v) is 8.68. The second kappa shape index (κ2) is 10.8. The number of methoxy groups -OCH3 is 1. The number of aromatic nitrogens is 1. The lowest BCUT2D eigenvalue weighted by molar-refractivity contribution is -0.385. The summed E-state index contributed by atoms with van der Waals surface area (Å²) in [6.45, 7) is 2.55. The highest BCUT2D eigenvalue weighted by Crippen LogP contribution is 2.39. The summed E-state index contributed by atoms with van der Waals surface area (Å²) in [5, 5.41) is 11.0. The quantitative estimate of drug-likeness (QED) is 0.356. The van der Waals surface area contributed by atoms with E-state index in [1.807, 2.05) is 41.3 Å². The monoisotopic (exact) mass is 523 g/mol. The van der Waals surface area contributed by atoms with Gasteiger partial charge in [-0.25, -0.2) is 4.98 Å². The first-order valence-electron chi connectivity index (χ1n) is 11.7. The van der Waals surface area contributed by atoms with Gasteiger partial charge >= 0.3 is 0 Å². The summed E-state index contributed by atoms with van der Waals surface area (Å²) in [7, 11) is 1.63. The van der Waals surface area contributed by atoms with Crippen molar-refractivity contribution >= 4 is 41.4 Å². The molecule has 11 heteroatoms. The van der Waals surface area contributed by atoms with E-state index in [1.54, 1.807) is 19.2 Å². The molecule has 2 amide bonds. The minimum atomic E-state index is -0.538. The SMILES string of the molecule is COc1ccc(N2CCN(C(=O)CC3c4ccccc4C(=O)N3c3ccc([N+](=O)[O-])cn3)CC2)cc1.Cl. The number of carbonyl (C=O) groups excluding carboxylic acids is 2. The van der Waals surface area contributed by atoms with Gasteiger partial charge in [-0.3, -0.25) is 24.6 Å². The molecule has 3 heterocycles. The van der Waals surface area contributed by atoms with Gasteiger partial charge in [0, 0.05) is 43.5 Å². The van der Waals surface area contributed by atoms with Crippen molar-refractivity contribution in [2.24, 2.45) is 0 Å². The molecule has 1 fully saturated rings. The molecule has 0 aliphatic carbocycles. The van der Waals surface area contributed by atoms with Crippen molar-refractivity contribution in [1.82, 2.24) is 9.88 Å². The first-order chi connectivity index (χ1) is 17.5. The van der Waals surface area contributed by atoms with Crippen LogP contribution in [0, 0.1) is 10.1 Å². The number of piperazine rings is 1. The van der Waals surface area contributed by atoms with Gasteiger partial charge in [0.1, 0.15) is 17.8 Å². The zero-order valence-electron chi connectivity index (χ0n) is 20.1. The summed E-state index contributed by atoms with van der Waals surface area (Å²) < 4.78 is 5.22. The van der Waals surface area contributed by atoms with Crippen LogP contribution >= 0.6 is 12.4 Å². The maximum atomic E-state index is 13.4. The second-order valence-electron chi connectivity index (χ2n) is 8.68. The third kappa shape index (κ3) is 5.05. The molecule has 3 aromatic rings. The molecule has 37 heavy (non-hydrogen) atoms. The average Bonchev–Trinajstić information content (AvgIpc) is 3.20. The van der Waals surface area contributed by atoms with Crippen LogP contribution in [0.4, 0.5) is 17.2 Å². The number of amides is 2. The smallest absolute Gasteiger partial charge is 0.287 e. The van der Waals surface area contributed by atoms with E-state index in [4.69, 9.17) is 4.74 Å². The molecular formula is C26H26ClN5O5. The van der Waals surface area contributed by atoms with Gasteiger partial charge in [-0.05, 0) is 42.0 Å². The molecule has 1 aromatic heterocycles. The molecular weight excluding hydrogens is 498 g/mol. The number of hydrogen-bond donors (Lipinski definition) is 0. The summed E-state index contributed by atoms with van der Waals surface area (Å²) >= 11 is 0. The lowest BCUT2D eigenvalue weighted by Gasteiger charge is -2.37. The predicted molar refractivity (Wildman–Crippen MR) is 141 cm³/mol. The highest BCUT2D eigenvalue weighted by atomic mass is 35.5. The lowest BCUT2D eigenvalue weighted by Crippen LogP contribution is -2.49. The van der Waals surface area contributed by atoms with E-state index in [0.717, 1.165) is 23.2 Å². The molecule has 10 nitrogen and oxygen atoms in total. The largest absolute Gasteiger partial charge is 0.497 e. The molecule has 192 valence electrons. The average molecular weight is 524 g/mol. The van der Waals surface area contributed by atoms with Gasteiger partial charge < -0.3 is 14.5 Å². The van der Waals surface area contributed by atoms with Gasteiger partial charge in [-0.1, -0.05) is 18.2 Å². The molecule has 2 aliphatic rings. The first-order valence-corrected chi connectivity index (χ1v) is 11.7. The maximum absolute atomic E-state index is 13.4. The maximum Gasteiger partial charge on any atom is 0.287 e. The molecule has 0 bridgehead atoms. The third-order valence-corrected chi connectivity index (χ3v) is 6.71. The molecule has 0 saturated carbocycles. The Morgan fingerprint density at radius 3 is 2.38 bits per heavy atom. The standard InChI is InChI=1S/C26H25N5O5.ClH/c1-36-20-9-6-18(7-10-20)28-12-14-29(15-13-28)25(32)16-23-21-4-2-3-5-22(21)26(33)30(23)24-11-8-19(17-27-24)31(34)35;/h2-11,17,23H,12-16H2,1H3;1H. The van der Waals surface area contributed by atoms with Crippen LogP contribution in [0.1, 0.15) is 28.4 Å². The van der Waals surface area contributed by atoms with Crippen molar-refractivity contribution in [2.45, 2.75) is 12.5 Å². The normalized spacial score (nSPS) is 16.7. The number of carbonyl (C=O) groups is 2. The number of benzene rings is 2. The predicted octanol–water partition coefficient (Wildman–Crippen LogP) is 3.86. The van der Waals surface area contributed by atoms with Gasteiger partial charge in [0.05, 0.1) is 24.5 Å². The number of pyridine rings is 1. The van der Waals surface area contributed by atoms with E-state index in [0.29, 0.717) is 31.7 Å². The van der Waals surface area contributed by atoms with Crippen LogP contribution in [0.3, 0.4) is 0 Å². The fourth-order valence-electron chi connectivity index (χ4n) is 4.79. The highest BCUT2D eigenvalue weighted by molar-refractivity contribution is 6.11. The van der Waals surface area contributed by atoms with Crippen LogP contribution in [0.2, 0.25) is 0 Å². The van der Waals surface area contributed by atoms with Crippen molar-refractivity contribution in [3.8, 4) is 5.75 Å². The van der Waals surface area contributed by atoms with Gasteiger partial charge in [0.15, 0.2) is 0 Å². The number of hydrogen-bond acceptors (Lipinski definition) is 7. The number of fused-ring (bicyclic) bond motifs is 1. The number of rotatable bonds is 6. The van der Waals surface area contributed by atoms with Crippen molar-refractivity contribution in [3.05, 3.63) is 88.1 Å². The molecule has 2 aromatic carbocycles. The fraction of sp³-hybridized carbons (Fsp3) is 0.269. The topological polar surface area (TPSA) is 109 Å². The van der Waals surface area contributed by atoms with E-state index in [1.165, 1.54) is 17.0 Å². The van der Waals surface area contributed by atoms with Gasteiger partial charge in [-0.2, -0.15) is 0 Å². The number of halogens is 1. The molecule has 0 radical (unpaired) electrons. The Kier molecular flexibility index (Phi) is 7.58. The van der Waals surface area contributed by atoms with Gasteiger partial charge in [-0.15, -0.1) is 12.4 Å². The molecule has 0 spiro atoms. The molecule has 2 aliphatic heterocycles. The Balaban J connectivity index is 0.00000320. The third-order valence-electron chi connectivity index (χ3n) is 6.71. The molecule has 1 saturated heterocycles. The van der Waals surface area contributed by atoms with Crippen LogP contribution in [0.5, 0.6) is 5.75 Å². The summed E-state index contributed by atoms with van der Waals surface area (Å²) in [5.41, 5.74) is 2.19. The zero-order chi connectivity index (χ0) is 25.2. The number of nitro groups is 1. The minimum Gasteiger partial charge on any atom is -0.497 e. The van der Waals surface area contributed by atoms with Gasteiger partial charge in [0.25, 0.3) is 11.6 Å². The number of nitrogens with zero attached hydrogens (tertiary/aromatic N) is 5. The molecule has 1 atom stereocenters. The summed E-state index contributed by atoms with van der Waals surface area (Å²) in [6, 6.07) is 17.3. The van der Waals surface area contributed by atoms with E-state index in [9.17, 15) is 19.7 Å². The summed E-state index contributed by atoms with van der Waals surface area (Å²) in [5.74, 6) is 0.759. The Bertz CT molecular complexity index is 1290. The van der Waals surface area contributed by atoms with E-state index in [-0.39, 0.29) is 42.1 Å². The van der Waals surface area contributed by atoms with E-state index < -0.39 is 11.0 Å². The highest BCUT2D eigenvalue weighted by Gasteiger charge is 2.40. The Morgan fingerprint density at radius 1 is 1.05 bits per heavy atom. The first kappa shape index (κ1) is 25.9. The number of ether oxygens (including phenoxy) is 1. The van der Waals surface area contributed by atoms with Crippen LogP contribution in [0.15, 0.2) is 66.9 Å². The van der Waals surface area contributed by atoms with Crippen molar-refractivity contribution < 1.29 is 19.2 Å². The minimum absolute atomic E-state index is 0. The van der Waals surface area contributed by atoms with Crippen molar-refractivity contribution in [3.63, 3.8) is 0 Å². The van der Waals surface area contributed by atoms with Gasteiger partial charge in [0.2, 0.25) is 5.91 Å². The van der Waals surface area contributed by atoms with Crippen LogP contribution in [-0.4, -0.2) is 59.9 Å². The molecule has 1 unspecified atom stereocenters. The Morgan fingerprint density at radius 2 is 1.76 bits per heavy atom. The Labute approximate surface area is 220 Å².